The van der Waals surface area contributed by atoms with Crippen LogP contribution in [0.15, 0.2) is 23.4 Å². The van der Waals surface area contributed by atoms with Crippen molar-refractivity contribution in [3.8, 4) is 11.5 Å². The molecule has 1 aromatic rings. The zero-order valence-corrected chi connectivity index (χ0v) is 16.0. The van der Waals surface area contributed by atoms with E-state index in [0.29, 0.717) is 41.4 Å². The quantitative estimate of drug-likeness (QED) is 0.433. The zero-order chi connectivity index (χ0) is 19.6. The molecule has 1 heterocycles. The van der Waals surface area contributed by atoms with Crippen LogP contribution in [0, 0.1) is 10.1 Å². The van der Waals surface area contributed by atoms with Gasteiger partial charge in [0.1, 0.15) is 5.75 Å². The first-order valence-electron chi connectivity index (χ1n) is 8.87. The number of nitro benzene ring substituents is 1. The molecule has 1 aromatic carbocycles. The molecule has 3 rings (SSSR count). The molecular weight excluding hydrogens is 370 g/mol. The van der Waals surface area contributed by atoms with Crippen LogP contribution in [0.5, 0.6) is 11.5 Å². The minimum Gasteiger partial charge on any atom is -0.493 e. The maximum Gasteiger partial charge on any atom is 0.311 e. The normalized spacial score (nSPS) is 19.1. The van der Waals surface area contributed by atoms with Crippen molar-refractivity contribution in [2.24, 2.45) is 0 Å². The molecule has 0 radical (unpaired) electrons. The van der Waals surface area contributed by atoms with Gasteiger partial charge in [0.05, 0.1) is 24.2 Å². The monoisotopic (exact) mass is 391 g/mol. The van der Waals surface area contributed by atoms with Crippen LogP contribution in [0.3, 0.4) is 0 Å². The molecule has 27 heavy (non-hydrogen) atoms. The van der Waals surface area contributed by atoms with Crippen LogP contribution >= 0.6 is 12.2 Å². The van der Waals surface area contributed by atoms with Gasteiger partial charge in [0, 0.05) is 35.4 Å². The number of hydrogen-bond donors (Lipinski definition) is 2. The van der Waals surface area contributed by atoms with Crippen LogP contribution in [0.1, 0.15) is 44.7 Å². The number of thiocarbonyl (C=S) groups is 1. The maximum atomic E-state index is 12.6. The Hall–Kier alpha value is -2.68. The number of Topliss-reactive ketones (excluding diaryl/α,β-unsaturated/α-hetero) is 1. The fourth-order valence-electron chi connectivity index (χ4n) is 3.42. The lowest BCUT2D eigenvalue weighted by Gasteiger charge is -2.34. The number of ketones is 1. The van der Waals surface area contributed by atoms with Crippen LogP contribution in [-0.4, -0.2) is 29.0 Å². The van der Waals surface area contributed by atoms with Crippen LogP contribution < -0.4 is 20.1 Å². The molecule has 1 aliphatic heterocycles. The van der Waals surface area contributed by atoms with E-state index in [1.807, 2.05) is 6.92 Å². The predicted molar refractivity (Wildman–Crippen MR) is 103 cm³/mol. The summed E-state index contributed by atoms with van der Waals surface area (Å²) in [4.78, 5) is 23.7. The highest BCUT2D eigenvalue weighted by molar-refractivity contribution is 7.80. The number of carbonyl (C=O) groups is 1. The molecule has 144 valence electrons. The van der Waals surface area contributed by atoms with Gasteiger partial charge in [-0.3, -0.25) is 14.9 Å². The summed E-state index contributed by atoms with van der Waals surface area (Å²) in [5.41, 5.74) is 1.67. The Morgan fingerprint density at radius 3 is 2.59 bits per heavy atom. The van der Waals surface area contributed by atoms with Gasteiger partial charge in [0.25, 0.3) is 0 Å². The lowest BCUT2D eigenvalue weighted by molar-refractivity contribution is -0.385. The standard InChI is InChI=1S/C18H21N3O5S/c1-3-25-14-9-15(26-4-2)12(21(23)24)8-10(14)17-16-11(19-18(27)20-17)6-5-7-13(16)22/h8-9,17H,3-7H2,1-2H3,(H2,19,20,27). The summed E-state index contributed by atoms with van der Waals surface area (Å²) in [5.74, 6) is 0.567. The first kappa shape index (κ1) is 19.1. The molecule has 0 saturated carbocycles. The number of nitrogens with one attached hydrogen (secondary N) is 2. The van der Waals surface area contributed by atoms with Crippen molar-refractivity contribution in [1.29, 1.82) is 0 Å². The van der Waals surface area contributed by atoms with Crippen molar-refractivity contribution >= 4 is 28.8 Å². The Kier molecular flexibility index (Phi) is 5.59. The van der Waals surface area contributed by atoms with Gasteiger partial charge < -0.3 is 20.1 Å². The number of carbonyl (C=O) groups excluding carboxylic acids is 1. The summed E-state index contributed by atoms with van der Waals surface area (Å²) in [6, 6.07) is 2.33. The Morgan fingerprint density at radius 2 is 1.93 bits per heavy atom. The van der Waals surface area contributed by atoms with E-state index in [1.165, 1.54) is 12.1 Å². The van der Waals surface area contributed by atoms with E-state index < -0.39 is 11.0 Å². The molecule has 0 fully saturated rings. The van der Waals surface area contributed by atoms with Gasteiger partial charge >= 0.3 is 5.69 Å². The van der Waals surface area contributed by atoms with Crippen molar-refractivity contribution in [2.75, 3.05) is 13.2 Å². The topological polar surface area (TPSA) is 103 Å². The highest BCUT2D eigenvalue weighted by Gasteiger charge is 2.36. The number of nitrogens with zero attached hydrogens (tertiary/aromatic N) is 1. The maximum absolute atomic E-state index is 12.6. The van der Waals surface area contributed by atoms with E-state index in [2.05, 4.69) is 10.6 Å². The van der Waals surface area contributed by atoms with Crippen molar-refractivity contribution in [1.82, 2.24) is 10.6 Å². The summed E-state index contributed by atoms with van der Waals surface area (Å²) in [7, 11) is 0. The molecule has 9 heteroatoms. The van der Waals surface area contributed by atoms with Crippen LogP contribution in [0.2, 0.25) is 0 Å². The summed E-state index contributed by atoms with van der Waals surface area (Å²) in [5, 5.41) is 18.1. The highest BCUT2D eigenvalue weighted by Crippen LogP contribution is 2.42. The lowest BCUT2D eigenvalue weighted by atomic mass is 9.85. The predicted octanol–water partition coefficient (Wildman–Crippen LogP) is 2.92. The van der Waals surface area contributed by atoms with Gasteiger partial charge in [-0.15, -0.1) is 0 Å². The Bertz CT molecular complexity index is 837. The molecule has 2 aliphatic rings. The second-order valence-corrected chi connectivity index (χ2v) is 6.59. The fraction of sp³-hybridized carbons (Fsp3) is 0.444. The summed E-state index contributed by atoms with van der Waals surface area (Å²) in [6.07, 6.45) is 1.90. The van der Waals surface area contributed by atoms with Gasteiger partial charge in [-0.1, -0.05) is 0 Å². The third kappa shape index (κ3) is 3.73. The molecule has 0 aromatic heterocycles. The van der Waals surface area contributed by atoms with Gasteiger partial charge in [-0.05, 0) is 38.9 Å². The highest BCUT2D eigenvalue weighted by atomic mass is 32.1. The molecule has 0 bridgehead atoms. The van der Waals surface area contributed by atoms with E-state index in [4.69, 9.17) is 21.7 Å². The third-order valence-electron chi connectivity index (χ3n) is 4.48. The molecule has 0 spiro atoms. The van der Waals surface area contributed by atoms with Gasteiger partial charge in [0.2, 0.25) is 5.75 Å². The number of rotatable bonds is 6. The van der Waals surface area contributed by atoms with E-state index in [1.54, 1.807) is 6.92 Å². The molecule has 1 unspecified atom stereocenters. The summed E-state index contributed by atoms with van der Waals surface area (Å²) in [6.45, 7) is 4.23. The van der Waals surface area contributed by atoms with Gasteiger partial charge in [-0.2, -0.15) is 0 Å². The van der Waals surface area contributed by atoms with Crippen LogP contribution in [0.25, 0.3) is 0 Å². The smallest absolute Gasteiger partial charge is 0.311 e. The van der Waals surface area contributed by atoms with Crippen molar-refractivity contribution in [3.05, 3.63) is 39.1 Å². The number of allylic oxidation sites excluding steroid dienone is 1. The van der Waals surface area contributed by atoms with Crippen molar-refractivity contribution in [3.63, 3.8) is 0 Å². The Morgan fingerprint density at radius 1 is 1.22 bits per heavy atom. The Labute approximate surface area is 162 Å². The molecule has 1 atom stereocenters. The number of nitro groups is 1. The lowest BCUT2D eigenvalue weighted by Crippen LogP contribution is -2.46. The minimum absolute atomic E-state index is 0.00253. The Balaban J connectivity index is 2.18. The van der Waals surface area contributed by atoms with Gasteiger partial charge in [0.15, 0.2) is 10.9 Å². The summed E-state index contributed by atoms with van der Waals surface area (Å²) >= 11 is 5.28. The zero-order valence-electron chi connectivity index (χ0n) is 15.2. The number of ether oxygens (including phenoxy) is 2. The molecule has 2 N–H and O–H groups in total. The average Bonchev–Trinajstić information content (AvgIpc) is 2.61. The van der Waals surface area contributed by atoms with E-state index in [0.717, 1.165) is 12.1 Å². The minimum atomic E-state index is -0.600. The second kappa shape index (κ2) is 7.91. The number of hydrogen-bond acceptors (Lipinski definition) is 6. The van der Waals surface area contributed by atoms with Crippen molar-refractivity contribution in [2.45, 2.75) is 39.2 Å². The van der Waals surface area contributed by atoms with E-state index in [9.17, 15) is 14.9 Å². The first-order valence-corrected chi connectivity index (χ1v) is 9.28. The first-order chi connectivity index (χ1) is 13.0. The molecule has 8 nitrogen and oxygen atoms in total. The van der Waals surface area contributed by atoms with E-state index in [-0.39, 0.29) is 23.8 Å². The van der Waals surface area contributed by atoms with Crippen LogP contribution in [-0.2, 0) is 4.79 Å². The largest absolute Gasteiger partial charge is 0.493 e. The second-order valence-electron chi connectivity index (χ2n) is 6.18. The molecule has 0 saturated heterocycles. The van der Waals surface area contributed by atoms with Gasteiger partial charge in [-0.25, -0.2) is 0 Å². The SMILES string of the molecule is CCOc1cc(OCC)c([N+](=O)[O-])cc1C1NC(=S)NC2=C1C(=O)CCC2. The van der Waals surface area contributed by atoms with Crippen molar-refractivity contribution < 1.29 is 19.2 Å². The third-order valence-corrected chi connectivity index (χ3v) is 4.70. The molecular formula is C18H21N3O5S. The summed E-state index contributed by atoms with van der Waals surface area (Å²) < 4.78 is 11.1. The average molecular weight is 391 g/mol. The molecule has 0 amide bonds. The fourth-order valence-corrected chi connectivity index (χ4v) is 3.66. The van der Waals surface area contributed by atoms with E-state index >= 15 is 0 Å². The molecule has 1 aliphatic carbocycles. The number of benzene rings is 1. The van der Waals surface area contributed by atoms with Crippen LogP contribution in [0.4, 0.5) is 5.69 Å².